The Bertz CT molecular complexity index is 805. The number of non-ortho nitro benzene ring substituents is 1. The van der Waals surface area contributed by atoms with Crippen LogP contribution in [0.25, 0.3) is 0 Å². The van der Waals surface area contributed by atoms with Crippen molar-refractivity contribution in [1.82, 2.24) is 4.90 Å². The molecule has 3 rings (SSSR count). The van der Waals surface area contributed by atoms with Crippen LogP contribution in [0.4, 0.5) is 11.4 Å². The number of nitro groups is 1. The first-order valence-electron chi connectivity index (χ1n) is 8.17. The fraction of sp³-hybridized carbons (Fsp3) is 0.278. The fourth-order valence-electron chi connectivity index (χ4n) is 2.70. The van der Waals surface area contributed by atoms with Crippen molar-refractivity contribution < 1.29 is 14.5 Å². The van der Waals surface area contributed by atoms with E-state index in [2.05, 4.69) is 10.2 Å². The Kier molecular flexibility index (Phi) is 5.82. The predicted octanol–water partition coefficient (Wildman–Crippen LogP) is 3.33. The molecule has 1 heterocycles. The zero-order valence-corrected chi connectivity index (χ0v) is 14.7. The van der Waals surface area contributed by atoms with Gasteiger partial charge in [-0.25, -0.2) is 0 Å². The molecule has 0 aliphatic carbocycles. The minimum atomic E-state index is -0.535. The first kappa shape index (κ1) is 18.3. The van der Waals surface area contributed by atoms with E-state index in [1.807, 2.05) is 12.1 Å². The predicted molar refractivity (Wildman–Crippen MR) is 98.6 cm³/mol. The molecule has 0 spiro atoms. The summed E-state index contributed by atoms with van der Waals surface area (Å²) in [5.74, 6) is -0.370. The number of hydrogen-bond donors (Lipinski definition) is 1. The monoisotopic (exact) mass is 375 g/mol. The van der Waals surface area contributed by atoms with Crippen LogP contribution in [0.3, 0.4) is 0 Å². The molecular weight excluding hydrogens is 358 g/mol. The maximum atomic E-state index is 12.4. The van der Waals surface area contributed by atoms with Crippen LogP contribution in [0.2, 0.25) is 5.02 Å². The Morgan fingerprint density at radius 3 is 2.54 bits per heavy atom. The van der Waals surface area contributed by atoms with Gasteiger partial charge in [0.05, 0.1) is 28.8 Å². The number of anilines is 1. The first-order valence-corrected chi connectivity index (χ1v) is 8.55. The van der Waals surface area contributed by atoms with Crippen molar-refractivity contribution in [1.29, 1.82) is 0 Å². The van der Waals surface area contributed by atoms with Crippen LogP contribution in [-0.4, -0.2) is 42.0 Å². The van der Waals surface area contributed by atoms with Crippen molar-refractivity contribution in [2.45, 2.75) is 6.54 Å². The van der Waals surface area contributed by atoms with Crippen molar-refractivity contribution in [3.05, 3.63) is 68.7 Å². The number of rotatable bonds is 5. The Balaban J connectivity index is 1.66. The van der Waals surface area contributed by atoms with Gasteiger partial charge in [0.25, 0.3) is 11.6 Å². The fourth-order valence-corrected chi connectivity index (χ4v) is 2.86. The molecule has 1 fully saturated rings. The molecule has 1 amide bonds. The van der Waals surface area contributed by atoms with Gasteiger partial charge < -0.3 is 10.1 Å². The van der Waals surface area contributed by atoms with E-state index in [9.17, 15) is 14.9 Å². The molecule has 1 aliphatic rings. The number of amides is 1. The zero-order valence-electron chi connectivity index (χ0n) is 14.0. The lowest BCUT2D eigenvalue weighted by atomic mass is 10.1. The first-order chi connectivity index (χ1) is 12.5. The van der Waals surface area contributed by atoms with Gasteiger partial charge in [0.15, 0.2) is 0 Å². The molecule has 1 N–H and O–H groups in total. The number of benzene rings is 2. The molecule has 0 aromatic heterocycles. The van der Waals surface area contributed by atoms with E-state index in [-0.39, 0.29) is 22.3 Å². The molecule has 7 nitrogen and oxygen atoms in total. The van der Waals surface area contributed by atoms with Crippen molar-refractivity contribution in [3.8, 4) is 0 Å². The van der Waals surface area contributed by atoms with E-state index >= 15 is 0 Å². The highest BCUT2D eigenvalue weighted by Crippen LogP contribution is 2.27. The van der Waals surface area contributed by atoms with E-state index in [1.54, 1.807) is 12.1 Å². The van der Waals surface area contributed by atoms with Gasteiger partial charge in [0, 0.05) is 37.3 Å². The zero-order chi connectivity index (χ0) is 18.5. The molecule has 1 saturated heterocycles. The Morgan fingerprint density at radius 1 is 1.19 bits per heavy atom. The molecule has 0 atom stereocenters. The lowest BCUT2D eigenvalue weighted by Crippen LogP contribution is -2.35. The highest BCUT2D eigenvalue weighted by atomic mass is 35.5. The summed E-state index contributed by atoms with van der Waals surface area (Å²) in [6.45, 7) is 4.08. The van der Waals surface area contributed by atoms with Crippen molar-refractivity contribution in [2.75, 3.05) is 31.6 Å². The van der Waals surface area contributed by atoms with Gasteiger partial charge in [-0.15, -0.1) is 0 Å². The lowest BCUT2D eigenvalue weighted by molar-refractivity contribution is -0.384. The van der Waals surface area contributed by atoms with Crippen LogP contribution in [0.1, 0.15) is 15.9 Å². The number of carbonyl (C=O) groups is 1. The Labute approximate surface area is 155 Å². The van der Waals surface area contributed by atoms with Gasteiger partial charge in [-0.1, -0.05) is 23.7 Å². The standard InChI is InChI=1S/C18H18ClN3O4/c19-16-6-5-15(22(24)25)11-17(16)20-18(23)14-3-1-13(2-4-14)12-21-7-9-26-10-8-21/h1-6,11H,7-10,12H2,(H,20,23). The summed E-state index contributed by atoms with van der Waals surface area (Å²) in [7, 11) is 0. The maximum Gasteiger partial charge on any atom is 0.271 e. The molecule has 26 heavy (non-hydrogen) atoms. The number of nitrogens with zero attached hydrogens (tertiary/aromatic N) is 2. The molecule has 0 radical (unpaired) electrons. The van der Waals surface area contributed by atoms with Gasteiger partial charge in [-0.05, 0) is 23.8 Å². The molecule has 8 heteroatoms. The summed E-state index contributed by atoms with van der Waals surface area (Å²) in [5, 5.41) is 13.7. The topological polar surface area (TPSA) is 84.7 Å². The molecule has 0 unspecified atom stereocenters. The number of nitrogens with one attached hydrogen (secondary N) is 1. The maximum absolute atomic E-state index is 12.4. The number of hydrogen-bond acceptors (Lipinski definition) is 5. The molecule has 2 aromatic rings. The Hall–Kier alpha value is -2.48. The molecule has 0 bridgehead atoms. The SMILES string of the molecule is O=C(Nc1cc([N+](=O)[O-])ccc1Cl)c1ccc(CN2CCOCC2)cc1. The molecule has 1 aliphatic heterocycles. The van der Waals surface area contributed by atoms with Gasteiger partial charge in [0.2, 0.25) is 0 Å². The van der Waals surface area contributed by atoms with Gasteiger partial charge in [-0.2, -0.15) is 0 Å². The second-order valence-electron chi connectivity index (χ2n) is 5.96. The summed E-state index contributed by atoms with van der Waals surface area (Å²) >= 11 is 6.01. The van der Waals surface area contributed by atoms with E-state index in [4.69, 9.17) is 16.3 Å². The molecular formula is C18H18ClN3O4. The minimum absolute atomic E-state index is 0.134. The summed E-state index contributed by atoms with van der Waals surface area (Å²) in [6, 6.07) is 11.2. The van der Waals surface area contributed by atoms with Crippen molar-refractivity contribution >= 4 is 28.9 Å². The molecule has 136 valence electrons. The quantitative estimate of drug-likeness (QED) is 0.640. The van der Waals surface area contributed by atoms with E-state index in [0.29, 0.717) is 5.56 Å². The Morgan fingerprint density at radius 2 is 1.88 bits per heavy atom. The smallest absolute Gasteiger partial charge is 0.271 e. The van der Waals surface area contributed by atoms with E-state index in [0.717, 1.165) is 38.4 Å². The van der Waals surface area contributed by atoms with Crippen LogP contribution in [0, 0.1) is 10.1 Å². The second kappa shape index (κ2) is 8.27. The third-order valence-electron chi connectivity index (χ3n) is 4.13. The number of halogens is 1. The average molecular weight is 376 g/mol. The summed E-state index contributed by atoms with van der Waals surface area (Å²) in [6.07, 6.45) is 0. The third-order valence-corrected chi connectivity index (χ3v) is 4.46. The largest absolute Gasteiger partial charge is 0.379 e. The number of carbonyl (C=O) groups excluding carboxylic acids is 1. The lowest BCUT2D eigenvalue weighted by Gasteiger charge is -2.26. The van der Waals surface area contributed by atoms with Crippen LogP contribution in [-0.2, 0) is 11.3 Å². The van der Waals surface area contributed by atoms with Crippen LogP contribution in [0.5, 0.6) is 0 Å². The summed E-state index contributed by atoms with van der Waals surface area (Å²) < 4.78 is 5.33. The van der Waals surface area contributed by atoms with Gasteiger partial charge in [-0.3, -0.25) is 19.8 Å². The third kappa shape index (κ3) is 4.57. The van der Waals surface area contributed by atoms with Gasteiger partial charge >= 0.3 is 0 Å². The number of ether oxygens (including phenoxy) is 1. The summed E-state index contributed by atoms with van der Waals surface area (Å²) in [5.41, 5.74) is 1.64. The highest BCUT2D eigenvalue weighted by molar-refractivity contribution is 6.34. The van der Waals surface area contributed by atoms with Crippen LogP contribution >= 0.6 is 11.6 Å². The minimum Gasteiger partial charge on any atom is -0.379 e. The summed E-state index contributed by atoms with van der Waals surface area (Å²) in [4.78, 5) is 25.0. The van der Waals surface area contributed by atoms with Crippen LogP contribution in [0.15, 0.2) is 42.5 Å². The van der Waals surface area contributed by atoms with Crippen molar-refractivity contribution in [2.24, 2.45) is 0 Å². The number of nitro benzene ring substituents is 1. The second-order valence-corrected chi connectivity index (χ2v) is 6.37. The molecule has 0 saturated carbocycles. The normalized spacial score (nSPS) is 14.8. The molecule has 2 aromatic carbocycles. The van der Waals surface area contributed by atoms with E-state index in [1.165, 1.54) is 18.2 Å². The van der Waals surface area contributed by atoms with Crippen LogP contribution < -0.4 is 5.32 Å². The van der Waals surface area contributed by atoms with Gasteiger partial charge in [0.1, 0.15) is 0 Å². The number of morpholine rings is 1. The average Bonchev–Trinajstić information content (AvgIpc) is 2.64. The van der Waals surface area contributed by atoms with Crippen molar-refractivity contribution in [3.63, 3.8) is 0 Å². The van der Waals surface area contributed by atoms with E-state index < -0.39 is 4.92 Å². The highest BCUT2D eigenvalue weighted by Gasteiger charge is 2.14.